The zero-order valence-corrected chi connectivity index (χ0v) is 15.5. The van der Waals surface area contributed by atoms with Gasteiger partial charge in [-0.25, -0.2) is 4.79 Å². The van der Waals surface area contributed by atoms with Gasteiger partial charge in [0.05, 0.1) is 18.4 Å². The Morgan fingerprint density at radius 3 is 2.56 bits per heavy atom. The van der Waals surface area contributed by atoms with Crippen molar-refractivity contribution in [3.63, 3.8) is 0 Å². The van der Waals surface area contributed by atoms with Gasteiger partial charge in [-0.05, 0) is 38.4 Å². The fraction of sp³-hybridized carbons (Fsp3) is 0.263. The molecule has 0 spiro atoms. The fourth-order valence-corrected chi connectivity index (χ4v) is 2.26. The molecule has 0 unspecified atom stereocenters. The highest BCUT2D eigenvalue weighted by atomic mass is 16.5. The summed E-state index contributed by atoms with van der Waals surface area (Å²) in [5.41, 5.74) is 0.924. The van der Waals surface area contributed by atoms with Gasteiger partial charge in [-0.1, -0.05) is 12.1 Å². The summed E-state index contributed by atoms with van der Waals surface area (Å²) >= 11 is 0. The van der Waals surface area contributed by atoms with Crippen LogP contribution in [0.15, 0.2) is 42.6 Å². The maximum Gasteiger partial charge on any atom is 0.339 e. The van der Waals surface area contributed by atoms with Crippen LogP contribution in [0.4, 0.5) is 5.69 Å². The van der Waals surface area contributed by atoms with E-state index in [0.717, 1.165) is 0 Å². The number of hydrogen-bond donors (Lipinski definition) is 2. The van der Waals surface area contributed by atoms with Crippen molar-refractivity contribution < 1.29 is 19.1 Å². The highest BCUT2D eigenvalue weighted by molar-refractivity contribution is 6.08. The van der Waals surface area contributed by atoms with Crippen molar-refractivity contribution in [1.82, 2.24) is 15.2 Å². The molecule has 0 saturated heterocycles. The van der Waals surface area contributed by atoms with Crippen LogP contribution in [0.5, 0.6) is 0 Å². The highest BCUT2D eigenvalue weighted by Gasteiger charge is 2.16. The van der Waals surface area contributed by atoms with Crippen LogP contribution >= 0.6 is 0 Å². The molecule has 0 radical (unpaired) electrons. The van der Waals surface area contributed by atoms with Gasteiger partial charge in [-0.3, -0.25) is 14.6 Å². The number of rotatable bonds is 7. The molecule has 27 heavy (non-hydrogen) atoms. The number of carbonyl (C=O) groups is 3. The molecule has 2 aromatic rings. The van der Waals surface area contributed by atoms with E-state index in [1.54, 1.807) is 24.3 Å². The van der Waals surface area contributed by atoms with E-state index in [4.69, 9.17) is 4.74 Å². The maximum absolute atomic E-state index is 12.5. The zero-order chi connectivity index (χ0) is 19.8. The van der Waals surface area contributed by atoms with E-state index in [1.165, 1.54) is 25.4 Å². The Hall–Kier alpha value is -3.26. The number of carbonyl (C=O) groups excluding carboxylic acids is 3. The quantitative estimate of drug-likeness (QED) is 0.715. The monoisotopic (exact) mass is 370 g/mol. The number of hydrogen-bond acceptors (Lipinski definition) is 6. The molecule has 0 aliphatic heterocycles. The summed E-state index contributed by atoms with van der Waals surface area (Å²) in [6.45, 7) is 1.19. The molecule has 142 valence electrons. The Morgan fingerprint density at radius 2 is 1.85 bits per heavy atom. The number of ether oxygens (including phenoxy) is 1. The van der Waals surface area contributed by atoms with Crippen LogP contribution < -0.4 is 10.6 Å². The lowest BCUT2D eigenvalue weighted by molar-refractivity contribution is 0.0601. The van der Waals surface area contributed by atoms with Crippen LogP contribution in [0.25, 0.3) is 0 Å². The molecule has 1 heterocycles. The number of aromatic nitrogens is 1. The number of nitrogens with one attached hydrogen (secondary N) is 2. The van der Waals surface area contributed by atoms with E-state index in [2.05, 4.69) is 15.6 Å². The largest absolute Gasteiger partial charge is 0.465 e. The van der Waals surface area contributed by atoms with Crippen LogP contribution in [-0.4, -0.2) is 62.0 Å². The van der Waals surface area contributed by atoms with E-state index in [-0.39, 0.29) is 17.2 Å². The van der Waals surface area contributed by atoms with Crippen LogP contribution in [0.3, 0.4) is 0 Å². The van der Waals surface area contributed by atoms with Crippen LogP contribution in [-0.2, 0) is 4.74 Å². The molecule has 0 atom stereocenters. The van der Waals surface area contributed by atoms with Crippen LogP contribution in [0.1, 0.15) is 31.2 Å². The lowest BCUT2D eigenvalue weighted by Gasteiger charge is -2.11. The number of methoxy groups -OCH3 is 1. The number of nitrogens with zero attached hydrogens (tertiary/aromatic N) is 2. The summed E-state index contributed by atoms with van der Waals surface area (Å²) in [5, 5.41) is 5.40. The first-order valence-corrected chi connectivity index (χ1v) is 8.30. The van der Waals surface area contributed by atoms with Crippen molar-refractivity contribution in [1.29, 1.82) is 0 Å². The molecule has 0 fully saturated rings. The molecule has 2 rings (SSSR count). The molecule has 8 heteroatoms. The first-order valence-electron chi connectivity index (χ1n) is 8.30. The molecule has 0 aliphatic rings. The Balaban J connectivity index is 2.12. The number of pyridine rings is 1. The van der Waals surface area contributed by atoms with E-state index in [0.29, 0.717) is 24.3 Å². The molecule has 2 N–H and O–H groups in total. The molecular formula is C19H22N4O4. The zero-order valence-electron chi connectivity index (χ0n) is 15.5. The van der Waals surface area contributed by atoms with Gasteiger partial charge in [0.2, 0.25) is 0 Å². The third-order valence-corrected chi connectivity index (χ3v) is 3.68. The molecule has 0 saturated carbocycles. The van der Waals surface area contributed by atoms with Crippen molar-refractivity contribution in [3.05, 3.63) is 59.4 Å². The molecule has 1 aromatic heterocycles. The van der Waals surface area contributed by atoms with E-state index in [1.807, 2.05) is 19.0 Å². The lowest BCUT2D eigenvalue weighted by atomic mass is 10.1. The number of amides is 2. The molecule has 8 nitrogen and oxygen atoms in total. The Labute approximate surface area is 157 Å². The van der Waals surface area contributed by atoms with Gasteiger partial charge >= 0.3 is 5.97 Å². The minimum atomic E-state index is -0.562. The van der Waals surface area contributed by atoms with Gasteiger partial charge in [0, 0.05) is 24.8 Å². The van der Waals surface area contributed by atoms with Gasteiger partial charge in [0.1, 0.15) is 5.69 Å². The molecule has 1 aromatic carbocycles. The average molecular weight is 370 g/mol. The second-order valence-corrected chi connectivity index (χ2v) is 5.98. The Bertz CT molecular complexity index is 836. The summed E-state index contributed by atoms with van der Waals surface area (Å²) in [6.07, 6.45) is 1.39. The Morgan fingerprint density at radius 1 is 1.11 bits per heavy atom. The molecular weight excluding hydrogens is 348 g/mol. The molecule has 0 bridgehead atoms. The normalized spacial score (nSPS) is 10.4. The molecule has 0 aliphatic carbocycles. The van der Waals surface area contributed by atoms with Crippen LogP contribution in [0, 0.1) is 0 Å². The summed E-state index contributed by atoms with van der Waals surface area (Å²) in [7, 11) is 5.08. The predicted molar refractivity (Wildman–Crippen MR) is 101 cm³/mol. The minimum Gasteiger partial charge on any atom is -0.465 e. The highest BCUT2D eigenvalue weighted by Crippen LogP contribution is 2.17. The van der Waals surface area contributed by atoms with Crippen molar-refractivity contribution in [2.75, 3.05) is 39.6 Å². The first kappa shape index (κ1) is 20.1. The number of benzene rings is 1. The van der Waals surface area contributed by atoms with Crippen molar-refractivity contribution in [2.24, 2.45) is 0 Å². The summed E-state index contributed by atoms with van der Waals surface area (Å²) < 4.78 is 4.71. The van der Waals surface area contributed by atoms with Crippen molar-refractivity contribution in [3.8, 4) is 0 Å². The Kier molecular flexibility index (Phi) is 7.01. The fourth-order valence-electron chi connectivity index (χ4n) is 2.26. The third-order valence-electron chi connectivity index (χ3n) is 3.68. The van der Waals surface area contributed by atoms with Crippen molar-refractivity contribution >= 4 is 23.5 Å². The third kappa shape index (κ3) is 5.61. The number of para-hydroxylation sites is 1. The van der Waals surface area contributed by atoms with E-state index >= 15 is 0 Å². The van der Waals surface area contributed by atoms with E-state index < -0.39 is 11.9 Å². The standard InChI is InChI=1S/C19H22N4O4/c1-23(2)11-10-21-17(24)13-8-9-20-16(12-13)18(25)22-15-7-5-4-6-14(15)19(26)27-3/h4-9,12H,10-11H2,1-3H3,(H,21,24)(H,22,25). The summed E-state index contributed by atoms with van der Waals surface area (Å²) in [4.78, 5) is 42.4. The lowest BCUT2D eigenvalue weighted by Crippen LogP contribution is -2.31. The topological polar surface area (TPSA) is 101 Å². The summed E-state index contributed by atoms with van der Waals surface area (Å²) in [5.74, 6) is -1.38. The first-order chi connectivity index (χ1) is 12.9. The second kappa shape index (κ2) is 9.44. The summed E-state index contributed by atoms with van der Waals surface area (Å²) in [6, 6.07) is 9.42. The van der Waals surface area contributed by atoms with Crippen molar-refractivity contribution in [2.45, 2.75) is 0 Å². The SMILES string of the molecule is COC(=O)c1ccccc1NC(=O)c1cc(C(=O)NCCN(C)C)ccn1. The molecule has 2 amide bonds. The average Bonchev–Trinajstić information content (AvgIpc) is 2.67. The van der Waals surface area contributed by atoms with Gasteiger partial charge in [-0.2, -0.15) is 0 Å². The van der Waals surface area contributed by atoms with Crippen LogP contribution in [0.2, 0.25) is 0 Å². The van der Waals surface area contributed by atoms with Gasteiger partial charge in [0.15, 0.2) is 0 Å². The number of anilines is 1. The number of esters is 1. The smallest absolute Gasteiger partial charge is 0.339 e. The van der Waals surface area contributed by atoms with Gasteiger partial charge in [-0.15, -0.1) is 0 Å². The van der Waals surface area contributed by atoms with E-state index in [9.17, 15) is 14.4 Å². The number of likely N-dealkylation sites (N-methyl/N-ethyl adjacent to an activating group) is 1. The maximum atomic E-state index is 12.5. The predicted octanol–water partition coefficient (Wildman–Crippen LogP) is 1.41. The second-order valence-electron chi connectivity index (χ2n) is 5.98. The minimum absolute atomic E-state index is 0.0647. The van der Waals surface area contributed by atoms with Gasteiger partial charge in [0.25, 0.3) is 11.8 Å². The van der Waals surface area contributed by atoms with Gasteiger partial charge < -0.3 is 20.3 Å².